The van der Waals surface area contributed by atoms with E-state index in [1.54, 1.807) is 12.1 Å². The molecule has 0 fully saturated rings. The van der Waals surface area contributed by atoms with Gasteiger partial charge in [0.1, 0.15) is 0 Å². The Morgan fingerprint density at radius 1 is 1.47 bits per heavy atom. The summed E-state index contributed by atoms with van der Waals surface area (Å²) in [6, 6.07) is 4.73. The first-order chi connectivity index (χ1) is 8.00. The highest BCUT2D eigenvalue weighted by molar-refractivity contribution is 6.33. The smallest absolute Gasteiger partial charge is 0.335 e. The van der Waals surface area contributed by atoms with Gasteiger partial charge in [-0.3, -0.25) is 0 Å². The minimum atomic E-state index is -0.960. The minimum Gasteiger partial charge on any atom is -0.478 e. The molecule has 0 atom stereocenters. The maximum absolute atomic E-state index is 10.7. The first-order valence-corrected chi connectivity index (χ1v) is 6.15. The third-order valence-electron chi connectivity index (χ3n) is 2.49. The van der Waals surface area contributed by atoms with Crippen molar-refractivity contribution in [2.45, 2.75) is 26.7 Å². The van der Waals surface area contributed by atoms with Crippen molar-refractivity contribution in [1.29, 1.82) is 0 Å². The Bertz CT molecular complexity index is 391. The Morgan fingerprint density at radius 3 is 2.71 bits per heavy atom. The molecule has 0 unspecified atom stereocenters. The number of hydrogen-bond donors (Lipinski definition) is 2. The number of rotatable bonds is 6. The van der Waals surface area contributed by atoms with Crippen LogP contribution < -0.4 is 5.32 Å². The SMILES string of the molecule is CC(C)CCCNc1ccc(C(=O)O)cc1Cl. The fourth-order valence-corrected chi connectivity index (χ4v) is 1.77. The van der Waals surface area contributed by atoms with Crippen LogP contribution in [-0.4, -0.2) is 17.6 Å². The molecule has 4 heteroatoms. The Hall–Kier alpha value is -1.22. The van der Waals surface area contributed by atoms with Gasteiger partial charge in [0.15, 0.2) is 0 Å². The first-order valence-electron chi connectivity index (χ1n) is 5.77. The Morgan fingerprint density at radius 2 is 2.18 bits per heavy atom. The van der Waals surface area contributed by atoms with E-state index in [-0.39, 0.29) is 5.56 Å². The van der Waals surface area contributed by atoms with Crippen molar-refractivity contribution < 1.29 is 9.90 Å². The zero-order valence-electron chi connectivity index (χ0n) is 10.2. The van der Waals surface area contributed by atoms with Gasteiger partial charge in [-0.1, -0.05) is 25.4 Å². The van der Waals surface area contributed by atoms with Crippen LogP contribution in [0.4, 0.5) is 5.69 Å². The quantitative estimate of drug-likeness (QED) is 0.759. The molecule has 2 N–H and O–H groups in total. The van der Waals surface area contributed by atoms with Crippen LogP contribution in [0.3, 0.4) is 0 Å². The highest BCUT2D eigenvalue weighted by atomic mass is 35.5. The molecule has 0 bridgehead atoms. The van der Waals surface area contributed by atoms with E-state index in [1.807, 2.05) is 0 Å². The van der Waals surface area contributed by atoms with Crippen molar-refractivity contribution in [1.82, 2.24) is 0 Å². The third kappa shape index (κ3) is 4.65. The van der Waals surface area contributed by atoms with Gasteiger partial charge in [0.25, 0.3) is 0 Å². The number of carbonyl (C=O) groups is 1. The lowest BCUT2D eigenvalue weighted by molar-refractivity contribution is 0.0697. The van der Waals surface area contributed by atoms with Crippen LogP contribution in [0.25, 0.3) is 0 Å². The fourth-order valence-electron chi connectivity index (χ4n) is 1.52. The number of anilines is 1. The summed E-state index contributed by atoms with van der Waals surface area (Å²) in [7, 11) is 0. The molecule has 0 aliphatic heterocycles. The van der Waals surface area contributed by atoms with Crippen molar-refractivity contribution in [2.75, 3.05) is 11.9 Å². The van der Waals surface area contributed by atoms with Gasteiger partial charge in [-0.15, -0.1) is 0 Å². The molecule has 0 radical (unpaired) electrons. The van der Waals surface area contributed by atoms with Crippen molar-refractivity contribution in [3.05, 3.63) is 28.8 Å². The average molecular weight is 256 g/mol. The third-order valence-corrected chi connectivity index (χ3v) is 2.80. The van der Waals surface area contributed by atoms with Gasteiger partial charge in [0, 0.05) is 6.54 Å². The summed E-state index contributed by atoms with van der Waals surface area (Å²) < 4.78 is 0. The van der Waals surface area contributed by atoms with E-state index in [0.29, 0.717) is 10.9 Å². The molecule has 3 nitrogen and oxygen atoms in total. The molecular formula is C13H18ClNO2. The number of nitrogens with one attached hydrogen (secondary N) is 1. The summed E-state index contributed by atoms with van der Waals surface area (Å²) in [5.41, 5.74) is 1.00. The highest BCUT2D eigenvalue weighted by Crippen LogP contribution is 2.23. The van der Waals surface area contributed by atoms with Crippen LogP contribution in [0.1, 0.15) is 37.0 Å². The molecule has 0 aromatic heterocycles. The molecule has 0 saturated carbocycles. The van der Waals surface area contributed by atoms with Crippen LogP contribution in [0.2, 0.25) is 5.02 Å². The Kier molecular flexibility index (Phi) is 5.29. The van der Waals surface area contributed by atoms with Crippen LogP contribution in [0, 0.1) is 5.92 Å². The highest BCUT2D eigenvalue weighted by Gasteiger charge is 2.06. The number of carboxylic acids is 1. The maximum atomic E-state index is 10.7. The van der Waals surface area contributed by atoms with Crippen molar-refractivity contribution in [3.63, 3.8) is 0 Å². The average Bonchev–Trinajstić information content (AvgIpc) is 2.25. The van der Waals surface area contributed by atoms with E-state index < -0.39 is 5.97 Å². The lowest BCUT2D eigenvalue weighted by Gasteiger charge is -2.09. The number of aromatic carboxylic acids is 1. The molecule has 0 amide bonds. The monoisotopic (exact) mass is 255 g/mol. The number of carboxylic acid groups (broad SMARTS) is 1. The number of hydrogen-bond acceptors (Lipinski definition) is 2. The van der Waals surface area contributed by atoms with Gasteiger partial charge in [-0.25, -0.2) is 4.79 Å². The van der Waals surface area contributed by atoms with Crippen molar-refractivity contribution >= 4 is 23.3 Å². The summed E-state index contributed by atoms with van der Waals surface area (Å²) in [5, 5.41) is 12.5. The van der Waals surface area contributed by atoms with E-state index >= 15 is 0 Å². The Balaban J connectivity index is 2.52. The van der Waals surface area contributed by atoms with Crippen LogP contribution in [0.15, 0.2) is 18.2 Å². The van der Waals surface area contributed by atoms with Gasteiger partial charge in [0.2, 0.25) is 0 Å². The number of halogens is 1. The second-order valence-electron chi connectivity index (χ2n) is 4.46. The van der Waals surface area contributed by atoms with E-state index in [1.165, 1.54) is 6.07 Å². The first kappa shape index (κ1) is 13.8. The fraction of sp³-hybridized carbons (Fsp3) is 0.462. The lowest BCUT2D eigenvalue weighted by atomic mass is 10.1. The lowest BCUT2D eigenvalue weighted by Crippen LogP contribution is -2.04. The zero-order chi connectivity index (χ0) is 12.8. The van der Waals surface area contributed by atoms with E-state index in [0.717, 1.165) is 25.1 Å². The topological polar surface area (TPSA) is 49.3 Å². The zero-order valence-corrected chi connectivity index (χ0v) is 10.9. The van der Waals surface area contributed by atoms with Gasteiger partial charge >= 0.3 is 5.97 Å². The van der Waals surface area contributed by atoms with Gasteiger partial charge in [0.05, 0.1) is 16.3 Å². The molecule has 0 heterocycles. The van der Waals surface area contributed by atoms with Crippen LogP contribution in [-0.2, 0) is 0 Å². The molecule has 1 aromatic carbocycles. The summed E-state index contributed by atoms with van der Waals surface area (Å²) in [5.74, 6) is -0.264. The Labute approximate surface area is 107 Å². The normalized spacial score (nSPS) is 10.6. The van der Waals surface area contributed by atoms with Crippen LogP contribution >= 0.6 is 11.6 Å². The largest absolute Gasteiger partial charge is 0.478 e. The molecule has 0 aliphatic carbocycles. The molecule has 0 saturated heterocycles. The second kappa shape index (κ2) is 6.50. The standard InChI is InChI=1S/C13H18ClNO2/c1-9(2)4-3-7-15-12-6-5-10(13(16)17)8-11(12)14/h5-6,8-9,15H,3-4,7H2,1-2H3,(H,16,17). The predicted molar refractivity (Wildman–Crippen MR) is 71.0 cm³/mol. The maximum Gasteiger partial charge on any atom is 0.335 e. The van der Waals surface area contributed by atoms with Gasteiger partial charge in [-0.2, -0.15) is 0 Å². The summed E-state index contributed by atoms with van der Waals surface area (Å²) >= 11 is 5.99. The van der Waals surface area contributed by atoms with Gasteiger partial charge in [-0.05, 0) is 37.0 Å². The minimum absolute atomic E-state index is 0.211. The van der Waals surface area contributed by atoms with E-state index in [2.05, 4.69) is 19.2 Å². The van der Waals surface area contributed by atoms with E-state index in [9.17, 15) is 4.79 Å². The molecule has 94 valence electrons. The second-order valence-corrected chi connectivity index (χ2v) is 4.87. The predicted octanol–water partition coefficient (Wildman–Crippen LogP) is 3.89. The van der Waals surface area contributed by atoms with Gasteiger partial charge < -0.3 is 10.4 Å². The van der Waals surface area contributed by atoms with E-state index in [4.69, 9.17) is 16.7 Å². The van der Waals surface area contributed by atoms with Crippen molar-refractivity contribution in [3.8, 4) is 0 Å². The summed E-state index contributed by atoms with van der Waals surface area (Å²) in [6.07, 6.45) is 2.24. The summed E-state index contributed by atoms with van der Waals surface area (Å²) in [4.78, 5) is 10.7. The molecule has 1 aromatic rings. The number of benzene rings is 1. The molecule has 17 heavy (non-hydrogen) atoms. The van der Waals surface area contributed by atoms with Crippen molar-refractivity contribution in [2.24, 2.45) is 5.92 Å². The summed E-state index contributed by atoms with van der Waals surface area (Å²) in [6.45, 7) is 5.23. The molecule has 0 spiro atoms. The molecule has 1 rings (SSSR count). The van der Waals surface area contributed by atoms with Crippen LogP contribution in [0.5, 0.6) is 0 Å². The molecule has 0 aliphatic rings. The molecular weight excluding hydrogens is 238 g/mol.